The van der Waals surface area contributed by atoms with Crippen LogP contribution in [0.1, 0.15) is 12.6 Å². The number of rotatable bonds is 3. The summed E-state index contributed by atoms with van der Waals surface area (Å²) in [7, 11) is 0. The number of aromatic amines is 1. The van der Waals surface area contributed by atoms with Gasteiger partial charge in [0.15, 0.2) is 0 Å². The second-order valence-electron chi connectivity index (χ2n) is 4.03. The molecule has 2 rings (SSSR count). The van der Waals surface area contributed by atoms with Gasteiger partial charge in [0.2, 0.25) is 0 Å². The molecule has 1 aromatic heterocycles. The average Bonchev–Trinajstić information content (AvgIpc) is 2.50. The summed E-state index contributed by atoms with van der Waals surface area (Å²) in [5.74, 6) is 0. The maximum Gasteiger partial charge on any atom is 0.0628 e. The highest BCUT2D eigenvalue weighted by Gasteiger charge is 2.07. The molecule has 3 heteroatoms. The monoisotopic (exact) mass is 203 g/mol. The highest BCUT2D eigenvalue weighted by Crippen LogP contribution is 2.26. The van der Waals surface area contributed by atoms with Gasteiger partial charge in [0.05, 0.1) is 5.69 Å². The van der Waals surface area contributed by atoms with Gasteiger partial charge in [0.1, 0.15) is 0 Å². The Hall–Kier alpha value is -1.48. The van der Waals surface area contributed by atoms with Crippen molar-refractivity contribution in [2.75, 3.05) is 11.9 Å². The fourth-order valence-electron chi connectivity index (χ4n) is 1.77. The van der Waals surface area contributed by atoms with Crippen LogP contribution in [0.4, 0.5) is 5.69 Å². The lowest BCUT2D eigenvalue weighted by atomic mass is 10.2. The van der Waals surface area contributed by atoms with Crippen molar-refractivity contribution in [2.24, 2.45) is 5.73 Å². The number of benzene rings is 1. The molecule has 0 aliphatic carbocycles. The van der Waals surface area contributed by atoms with Gasteiger partial charge in [-0.05, 0) is 19.9 Å². The molecule has 15 heavy (non-hydrogen) atoms. The van der Waals surface area contributed by atoms with Crippen LogP contribution in [0, 0.1) is 6.92 Å². The van der Waals surface area contributed by atoms with Crippen LogP contribution < -0.4 is 11.1 Å². The fourth-order valence-corrected chi connectivity index (χ4v) is 1.77. The number of fused-ring (bicyclic) bond motifs is 1. The van der Waals surface area contributed by atoms with Crippen LogP contribution in [0.15, 0.2) is 24.3 Å². The summed E-state index contributed by atoms with van der Waals surface area (Å²) < 4.78 is 0. The summed E-state index contributed by atoms with van der Waals surface area (Å²) in [5, 5.41) is 4.61. The third-order valence-electron chi connectivity index (χ3n) is 2.49. The Bertz CT molecular complexity index is 457. The molecule has 1 aromatic carbocycles. The number of hydrogen-bond acceptors (Lipinski definition) is 2. The predicted octanol–water partition coefficient (Wildman–Crippen LogP) is 2.24. The molecule has 0 amide bonds. The van der Waals surface area contributed by atoms with Gasteiger partial charge >= 0.3 is 0 Å². The van der Waals surface area contributed by atoms with Gasteiger partial charge in [0.25, 0.3) is 0 Å². The molecule has 4 N–H and O–H groups in total. The van der Waals surface area contributed by atoms with Crippen LogP contribution in [-0.4, -0.2) is 17.6 Å². The van der Waals surface area contributed by atoms with Crippen LogP contribution in [0.2, 0.25) is 0 Å². The number of nitrogens with one attached hydrogen (secondary N) is 2. The quantitative estimate of drug-likeness (QED) is 0.716. The molecule has 0 aliphatic heterocycles. The Morgan fingerprint density at radius 2 is 2.13 bits per heavy atom. The van der Waals surface area contributed by atoms with Crippen molar-refractivity contribution in [3.63, 3.8) is 0 Å². The molecule has 0 aliphatic rings. The average molecular weight is 203 g/mol. The Kier molecular flexibility index (Phi) is 2.64. The van der Waals surface area contributed by atoms with E-state index in [2.05, 4.69) is 29.4 Å². The van der Waals surface area contributed by atoms with Gasteiger partial charge in [-0.15, -0.1) is 0 Å². The molecular weight excluding hydrogens is 186 g/mol. The lowest BCUT2D eigenvalue weighted by Gasteiger charge is -2.08. The van der Waals surface area contributed by atoms with Gasteiger partial charge in [-0.2, -0.15) is 0 Å². The third kappa shape index (κ3) is 1.97. The van der Waals surface area contributed by atoms with Gasteiger partial charge in [-0.3, -0.25) is 0 Å². The smallest absolute Gasteiger partial charge is 0.0628 e. The fraction of sp³-hybridized carbons (Fsp3) is 0.333. The molecule has 0 spiro atoms. The molecule has 0 saturated heterocycles. The normalized spacial score (nSPS) is 13.0. The van der Waals surface area contributed by atoms with E-state index in [1.54, 1.807) is 0 Å². The number of nitrogens with two attached hydrogens (primary N) is 1. The SMILES string of the molecule is Cc1[nH]c2ccccc2c1NCC(C)N. The van der Waals surface area contributed by atoms with Crippen LogP contribution in [0.3, 0.4) is 0 Å². The Morgan fingerprint density at radius 3 is 2.87 bits per heavy atom. The Labute approximate surface area is 89.7 Å². The van der Waals surface area contributed by atoms with Gasteiger partial charge in [-0.25, -0.2) is 0 Å². The highest BCUT2D eigenvalue weighted by molar-refractivity contribution is 5.94. The predicted molar refractivity (Wildman–Crippen MR) is 65.2 cm³/mol. The first-order valence-corrected chi connectivity index (χ1v) is 5.25. The second kappa shape index (κ2) is 3.95. The number of para-hydroxylation sites is 1. The van der Waals surface area contributed by atoms with E-state index in [1.165, 1.54) is 16.6 Å². The zero-order valence-electron chi connectivity index (χ0n) is 9.17. The van der Waals surface area contributed by atoms with E-state index in [4.69, 9.17) is 5.73 Å². The summed E-state index contributed by atoms with van der Waals surface area (Å²) in [6, 6.07) is 8.44. The van der Waals surface area contributed by atoms with Crippen molar-refractivity contribution in [1.82, 2.24) is 4.98 Å². The minimum atomic E-state index is 0.165. The lowest BCUT2D eigenvalue weighted by molar-refractivity contribution is 0.780. The zero-order chi connectivity index (χ0) is 10.8. The second-order valence-corrected chi connectivity index (χ2v) is 4.03. The largest absolute Gasteiger partial charge is 0.382 e. The molecule has 1 unspecified atom stereocenters. The highest BCUT2D eigenvalue weighted by atomic mass is 14.9. The van der Waals surface area contributed by atoms with E-state index in [-0.39, 0.29) is 6.04 Å². The standard InChI is InChI=1S/C12H17N3/c1-8(13)7-14-12-9(2)15-11-6-4-3-5-10(11)12/h3-6,8,14-15H,7,13H2,1-2H3. The summed E-state index contributed by atoms with van der Waals surface area (Å²) in [5.41, 5.74) is 9.23. The van der Waals surface area contributed by atoms with Gasteiger partial charge < -0.3 is 16.0 Å². The topological polar surface area (TPSA) is 53.8 Å². The molecule has 2 aromatic rings. The van der Waals surface area contributed by atoms with E-state index in [0.717, 1.165) is 12.2 Å². The van der Waals surface area contributed by atoms with E-state index < -0.39 is 0 Å². The van der Waals surface area contributed by atoms with Crippen molar-refractivity contribution < 1.29 is 0 Å². The van der Waals surface area contributed by atoms with Crippen LogP contribution >= 0.6 is 0 Å². The van der Waals surface area contributed by atoms with Gasteiger partial charge in [0, 0.05) is 29.2 Å². The number of hydrogen-bond donors (Lipinski definition) is 3. The summed E-state index contributed by atoms with van der Waals surface area (Å²) >= 11 is 0. The molecule has 0 fully saturated rings. The molecule has 3 nitrogen and oxygen atoms in total. The van der Waals surface area contributed by atoms with E-state index in [1.807, 2.05) is 19.1 Å². The summed E-state index contributed by atoms with van der Waals surface area (Å²) in [6.45, 7) is 4.86. The molecule has 80 valence electrons. The molecule has 1 atom stereocenters. The van der Waals surface area contributed by atoms with Crippen LogP contribution in [0.5, 0.6) is 0 Å². The first kappa shape index (κ1) is 10.1. The molecule has 0 bridgehead atoms. The number of H-pyrrole nitrogens is 1. The van der Waals surface area contributed by atoms with E-state index in [0.29, 0.717) is 0 Å². The summed E-state index contributed by atoms with van der Waals surface area (Å²) in [4.78, 5) is 3.35. The van der Waals surface area contributed by atoms with E-state index >= 15 is 0 Å². The number of aromatic nitrogens is 1. The van der Waals surface area contributed by atoms with Crippen LogP contribution in [-0.2, 0) is 0 Å². The van der Waals surface area contributed by atoms with Crippen molar-refractivity contribution in [2.45, 2.75) is 19.9 Å². The third-order valence-corrected chi connectivity index (χ3v) is 2.49. The van der Waals surface area contributed by atoms with Crippen molar-refractivity contribution in [1.29, 1.82) is 0 Å². The maximum atomic E-state index is 5.73. The zero-order valence-corrected chi connectivity index (χ0v) is 9.17. The minimum Gasteiger partial charge on any atom is -0.382 e. The van der Waals surface area contributed by atoms with Gasteiger partial charge in [-0.1, -0.05) is 18.2 Å². The van der Waals surface area contributed by atoms with Crippen molar-refractivity contribution in [3.05, 3.63) is 30.0 Å². The minimum absolute atomic E-state index is 0.165. The number of aryl methyl sites for hydroxylation is 1. The molecular formula is C12H17N3. The molecule has 0 saturated carbocycles. The molecule has 1 heterocycles. The van der Waals surface area contributed by atoms with Crippen molar-refractivity contribution in [3.8, 4) is 0 Å². The number of anilines is 1. The lowest BCUT2D eigenvalue weighted by Crippen LogP contribution is -2.25. The Balaban J connectivity index is 2.36. The molecule has 0 radical (unpaired) electrons. The van der Waals surface area contributed by atoms with Crippen molar-refractivity contribution >= 4 is 16.6 Å². The first-order chi connectivity index (χ1) is 7.18. The summed E-state index contributed by atoms with van der Waals surface area (Å²) in [6.07, 6.45) is 0. The Morgan fingerprint density at radius 1 is 1.40 bits per heavy atom. The van der Waals surface area contributed by atoms with Crippen LogP contribution in [0.25, 0.3) is 10.9 Å². The first-order valence-electron chi connectivity index (χ1n) is 5.25. The van der Waals surface area contributed by atoms with E-state index in [9.17, 15) is 0 Å². The maximum absolute atomic E-state index is 5.73.